The quantitative estimate of drug-likeness (QED) is 0.905. The fraction of sp³-hybridized carbons (Fsp3) is 0.429. The molecule has 0 radical (unpaired) electrons. The van der Waals surface area contributed by atoms with Crippen LogP contribution in [0, 0.1) is 12.7 Å². The second-order valence-electron chi connectivity index (χ2n) is 5.63. The lowest BCUT2D eigenvalue weighted by molar-refractivity contribution is 0.386. The summed E-state index contributed by atoms with van der Waals surface area (Å²) in [6, 6.07) is 5.10. The van der Waals surface area contributed by atoms with Crippen LogP contribution in [0.3, 0.4) is 0 Å². The molecule has 2 rings (SSSR count). The van der Waals surface area contributed by atoms with Crippen molar-refractivity contribution in [3.63, 3.8) is 0 Å². The van der Waals surface area contributed by atoms with Crippen molar-refractivity contribution in [2.75, 3.05) is 0 Å². The van der Waals surface area contributed by atoms with E-state index in [0.717, 1.165) is 5.56 Å². The first-order chi connectivity index (χ1) is 8.84. The minimum Gasteiger partial charge on any atom is -0.324 e. The molecule has 0 aliphatic heterocycles. The number of hydrogen-bond donors (Lipinski definition) is 1. The minimum atomic E-state index is -0.290. The molecule has 1 heterocycles. The smallest absolute Gasteiger partial charge is 0.167 e. The summed E-state index contributed by atoms with van der Waals surface area (Å²) in [5.41, 5.74) is 6.75. The van der Waals surface area contributed by atoms with E-state index in [1.807, 2.05) is 38.3 Å². The summed E-state index contributed by atoms with van der Waals surface area (Å²) in [6.45, 7) is 8.19. The molecule has 0 spiro atoms. The van der Waals surface area contributed by atoms with E-state index >= 15 is 0 Å². The molecule has 19 heavy (non-hydrogen) atoms. The predicted molar refractivity (Wildman–Crippen MR) is 73.0 cm³/mol. The summed E-state index contributed by atoms with van der Waals surface area (Å²) in [5, 5.41) is 8.17. The van der Waals surface area contributed by atoms with Crippen molar-refractivity contribution < 1.29 is 4.39 Å². The zero-order valence-electron chi connectivity index (χ0n) is 11.7. The van der Waals surface area contributed by atoms with E-state index < -0.39 is 0 Å². The third-order valence-electron chi connectivity index (χ3n) is 2.95. The van der Waals surface area contributed by atoms with Crippen molar-refractivity contribution >= 4 is 0 Å². The number of aryl methyl sites for hydroxylation is 1. The first-order valence-corrected chi connectivity index (χ1v) is 6.26. The summed E-state index contributed by atoms with van der Waals surface area (Å²) in [7, 11) is 0. The van der Waals surface area contributed by atoms with Crippen molar-refractivity contribution in [2.24, 2.45) is 5.73 Å². The van der Waals surface area contributed by atoms with Gasteiger partial charge in [0.1, 0.15) is 11.6 Å². The van der Waals surface area contributed by atoms with Gasteiger partial charge < -0.3 is 10.3 Å². The van der Waals surface area contributed by atoms with Gasteiger partial charge in [0.2, 0.25) is 0 Å². The molecule has 0 atom stereocenters. The van der Waals surface area contributed by atoms with Crippen LogP contribution >= 0.6 is 0 Å². The Morgan fingerprint density at radius 3 is 2.47 bits per heavy atom. The molecule has 1 aromatic carbocycles. The average molecular weight is 262 g/mol. The number of hydrogen-bond acceptors (Lipinski definition) is 3. The lowest BCUT2D eigenvalue weighted by atomic mass is 10.1. The van der Waals surface area contributed by atoms with Gasteiger partial charge in [-0.2, -0.15) is 0 Å². The second-order valence-corrected chi connectivity index (χ2v) is 5.63. The molecule has 2 aromatic rings. The van der Waals surface area contributed by atoms with Gasteiger partial charge in [0.05, 0.1) is 12.1 Å². The van der Waals surface area contributed by atoms with E-state index in [4.69, 9.17) is 5.73 Å². The molecule has 1 aromatic heterocycles. The normalized spacial score (nSPS) is 11.9. The van der Waals surface area contributed by atoms with Gasteiger partial charge in [-0.3, -0.25) is 0 Å². The first kappa shape index (κ1) is 13.7. The van der Waals surface area contributed by atoms with Gasteiger partial charge in [0.15, 0.2) is 5.82 Å². The Labute approximate surface area is 112 Å². The van der Waals surface area contributed by atoms with Crippen molar-refractivity contribution in [1.29, 1.82) is 0 Å². The maximum absolute atomic E-state index is 14.1. The first-order valence-electron chi connectivity index (χ1n) is 6.26. The molecule has 0 saturated carbocycles. The zero-order valence-corrected chi connectivity index (χ0v) is 11.7. The molecule has 0 unspecified atom stereocenters. The van der Waals surface area contributed by atoms with Crippen LogP contribution in [0.25, 0.3) is 11.4 Å². The van der Waals surface area contributed by atoms with Gasteiger partial charge in [-0.15, -0.1) is 10.2 Å². The molecule has 102 valence electrons. The van der Waals surface area contributed by atoms with Crippen molar-refractivity contribution in [1.82, 2.24) is 14.8 Å². The van der Waals surface area contributed by atoms with E-state index in [1.54, 1.807) is 6.07 Å². The Morgan fingerprint density at radius 2 is 1.95 bits per heavy atom. The maximum Gasteiger partial charge on any atom is 0.167 e. The van der Waals surface area contributed by atoms with Crippen molar-refractivity contribution in [2.45, 2.75) is 39.8 Å². The highest BCUT2D eigenvalue weighted by Gasteiger charge is 2.24. The summed E-state index contributed by atoms with van der Waals surface area (Å²) in [5.74, 6) is 0.884. The van der Waals surface area contributed by atoms with Crippen LogP contribution in [-0.4, -0.2) is 14.8 Å². The largest absolute Gasteiger partial charge is 0.324 e. The second kappa shape index (κ2) is 4.74. The topological polar surface area (TPSA) is 56.7 Å². The Hall–Kier alpha value is -1.75. The van der Waals surface area contributed by atoms with Crippen molar-refractivity contribution in [3.8, 4) is 11.4 Å². The van der Waals surface area contributed by atoms with Crippen LogP contribution in [0.1, 0.15) is 32.2 Å². The number of rotatable bonds is 2. The number of nitrogens with zero attached hydrogens (tertiary/aromatic N) is 3. The van der Waals surface area contributed by atoms with E-state index in [1.165, 1.54) is 6.07 Å². The highest BCUT2D eigenvalue weighted by Crippen LogP contribution is 2.28. The number of benzene rings is 1. The molecule has 4 nitrogen and oxygen atoms in total. The zero-order chi connectivity index (χ0) is 14.2. The van der Waals surface area contributed by atoms with Gasteiger partial charge in [-0.1, -0.05) is 6.07 Å². The van der Waals surface area contributed by atoms with E-state index in [-0.39, 0.29) is 17.9 Å². The Morgan fingerprint density at radius 1 is 1.26 bits per heavy atom. The van der Waals surface area contributed by atoms with Gasteiger partial charge >= 0.3 is 0 Å². The van der Waals surface area contributed by atoms with Crippen LogP contribution in [0.4, 0.5) is 4.39 Å². The lowest BCUT2D eigenvalue weighted by Crippen LogP contribution is -2.26. The Balaban J connectivity index is 2.66. The molecule has 0 saturated heterocycles. The molecule has 0 aliphatic rings. The Kier molecular flexibility index (Phi) is 3.41. The predicted octanol–water partition coefficient (Wildman–Crippen LogP) is 2.61. The molecule has 0 fully saturated rings. The number of halogens is 1. The minimum absolute atomic E-state index is 0.259. The molecule has 5 heteroatoms. The average Bonchev–Trinajstić information content (AvgIpc) is 2.72. The van der Waals surface area contributed by atoms with Crippen LogP contribution in [-0.2, 0) is 12.1 Å². The summed E-state index contributed by atoms with van der Waals surface area (Å²) in [6.07, 6.45) is 0. The number of aromatic nitrogens is 3. The molecular weight excluding hydrogens is 243 g/mol. The molecule has 0 aliphatic carbocycles. The lowest BCUT2D eigenvalue weighted by Gasteiger charge is -2.24. The molecule has 2 N–H and O–H groups in total. The molecular formula is C14H19FN4. The highest BCUT2D eigenvalue weighted by atomic mass is 19.1. The summed E-state index contributed by atoms with van der Waals surface area (Å²) < 4.78 is 16.0. The van der Waals surface area contributed by atoms with Gasteiger partial charge in [-0.05, 0) is 45.4 Å². The van der Waals surface area contributed by atoms with Gasteiger partial charge in [-0.25, -0.2) is 4.39 Å². The monoisotopic (exact) mass is 262 g/mol. The SMILES string of the molecule is Cc1ccc(-c2nnc(CN)n2C(C)(C)C)c(F)c1. The van der Waals surface area contributed by atoms with E-state index in [2.05, 4.69) is 10.2 Å². The van der Waals surface area contributed by atoms with Crippen LogP contribution in [0.15, 0.2) is 18.2 Å². The van der Waals surface area contributed by atoms with Crippen LogP contribution in [0.5, 0.6) is 0 Å². The van der Waals surface area contributed by atoms with E-state index in [0.29, 0.717) is 17.2 Å². The van der Waals surface area contributed by atoms with Crippen molar-refractivity contribution in [3.05, 3.63) is 35.4 Å². The highest BCUT2D eigenvalue weighted by molar-refractivity contribution is 5.57. The van der Waals surface area contributed by atoms with Crippen LogP contribution < -0.4 is 5.73 Å². The third kappa shape index (κ3) is 2.51. The summed E-state index contributed by atoms with van der Waals surface area (Å²) in [4.78, 5) is 0. The van der Waals surface area contributed by atoms with Gasteiger partial charge in [0, 0.05) is 5.54 Å². The third-order valence-corrected chi connectivity index (χ3v) is 2.95. The molecule has 0 amide bonds. The van der Waals surface area contributed by atoms with Crippen LogP contribution in [0.2, 0.25) is 0 Å². The van der Waals surface area contributed by atoms with E-state index in [9.17, 15) is 4.39 Å². The standard InChI is InChI=1S/C14H19FN4/c1-9-5-6-10(11(15)7-9)13-18-17-12(8-16)19(13)14(2,3)4/h5-7H,8,16H2,1-4H3. The summed E-state index contributed by atoms with van der Waals surface area (Å²) >= 11 is 0. The maximum atomic E-state index is 14.1. The molecule has 0 bridgehead atoms. The number of nitrogens with two attached hydrogens (primary N) is 1. The fourth-order valence-electron chi connectivity index (χ4n) is 2.13. The van der Waals surface area contributed by atoms with Gasteiger partial charge in [0.25, 0.3) is 0 Å². The fourth-order valence-corrected chi connectivity index (χ4v) is 2.13. The Bertz CT molecular complexity index is 596.